The molecule has 4 rings (SSSR count). The topological polar surface area (TPSA) is 111 Å². The smallest absolute Gasteiger partial charge is 0.279 e. The summed E-state index contributed by atoms with van der Waals surface area (Å²) in [7, 11) is 1.34. The Bertz CT molecular complexity index is 1040. The van der Waals surface area contributed by atoms with Gasteiger partial charge in [-0.3, -0.25) is 19.7 Å². The van der Waals surface area contributed by atoms with Crippen molar-refractivity contribution in [2.45, 2.75) is 6.10 Å². The summed E-state index contributed by atoms with van der Waals surface area (Å²) in [5.41, 5.74) is 0.596. The number of nitro benzene ring substituents is 1. The molecule has 2 aliphatic heterocycles. The van der Waals surface area contributed by atoms with Crippen molar-refractivity contribution in [3.05, 3.63) is 63.2 Å². The minimum atomic E-state index is -1.14. The van der Waals surface area contributed by atoms with Gasteiger partial charge in [0.2, 0.25) is 12.0 Å². The number of fused-ring (bicyclic) bond motifs is 1. The lowest BCUT2D eigenvalue weighted by atomic mass is 9.94. The quantitative estimate of drug-likeness (QED) is 0.442. The van der Waals surface area contributed by atoms with E-state index in [4.69, 9.17) is 21.2 Å². The molecule has 0 aromatic heterocycles. The molecule has 0 unspecified atom stereocenters. The number of nitrogens with zero attached hydrogens (tertiary/aromatic N) is 3. The lowest BCUT2D eigenvalue weighted by molar-refractivity contribution is -0.384. The molecule has 2 atom stereocenters. The van der Waals surface area contributed by atoms with Crippen molar-refractivity contribution in [2.24, 2.45) is 11.1 Å². The molecule has 0 radical (unpaired) electrons. The standard InChI is InChI=1S/C18H12ClN3O6/c1-27-13-7-6-11(22(25)26)8-12(13)21-17(23)14-15(20-28-16(14)18(21)24)9-2-4-10(19)5-3-9/h2-8,14,16H,1H3/t14-,16-/m1/s1. The van der Waals surface area contributed by atoms with Crippen LogP contribution in [0.2, 0.25) is 5.02 Å². The zero-order valence-corrected chi connectivity index (χ0v) is 15.1. The highest BCUT2D eigenvalue weighted by molar-refractivity contribution is 6.33. The molecule has 2 aromatic rings. The molecule has 2 aliphatic rings. The van der Waals surface area contributed by atoms with Crippen LogP contribution < -0.4 is 9.64 Å². The van der Waals surface area contributed by atoms with E-state index in [1.165, 1.54) is 19.2 Å². The number of carbonyl (C=O) groups excluding carboxylic acids is 2. The van der Waals surface area contributed by atoms with Crippen LogP contribution >= 0.6 is 11.6 Å². The molecule has 10 heteroatoms. The van der Waals surface area contributed by atoms with Gasteiger partial charge in [-0.15, -0.1) is 0 Å². The average Bonchev–Trinajstić information content (AvgIpc) is 3.22. The normalized spacial score (nSPS) is 20.6. The summed E-state index contributed by atoms with van der Waals surface area (Å²) in [4.78, 5) is 42.5. The van der Waals surface area contributed by atoms with Gasteiger partial charge in [0.1, 0.15) is 23.1 Å². The van der Waals surface area contributed by atoms with Gasteiger partial charge in [-0.1, -0.05) is 28.9 Å². The second kappa shape index (κ2) is 6.61. The molecule has 142 valence electrons. The number of rotatable bonds is 4. The maximum Gasteiger partial charge on any atom is 0.279 e. The highest BCUT2D eigenvalue weighted by Gasteiger charge is 2.56. The molecule has 0 N–H and O–H groups in total. The van der Waals surface area contributed by atoms with Gasteiger partial charge in [0.15, 0.2) is 0 Å². The third-order valence-corrected chi connectivity index (χ3v) is 4.82. The fraction of sp³-hybridized carbons (Fsp3) is 0.167. The maximum atomic E-state index is 13.1. The van der Waals surface area contributed by atoms with Gasteiger partial charge < -0.3 is 9.57 Å². The van der Waals surface area contributed by atoms with Crippen molar-refractivity contribution in [3.63, 3.8) is 0 Å². The molecular weight excluding hydrogens is 390 g/mol. The number of oxime groups is 1. The van der Waals surface area contributed by atoms with Crippen LogP contribution in [-0.4, -0.2) is 35.7 Å². The Morgan fingerprint density at radius 1 is 1.18 bits per heavy atom. The van der Waals surface area contributed by atoms with Crippen LogP contribution in [0.25, 0.3) is 0 Å². The first-order chi connectivity index (χ1) is 13.4. The molecular formula is C18H12ClN3O6. The Balaban J connectivity index is 1.75. The summed E-state index contributed by atoms with van der Waals surface area (Å²) in [5, 5.41) is 15.5. The third-order valence-electron chi connectivity index (χ3n) is 4.57. The van der Waals surface area contributed by atoms with Gasteiger partial charge in [0.25, 0.3) is 11.6 Å². The van der Waals surface area contributed by atoms with Crippen LogP contribution in [0.5, 0.6) is 5.75 Å². The summed E-state index contributed by atoms with van der Waals surface area (Å²) in [6, 6.07) is 10.3. The van der Waals surface area contributed by atoms with E-state index in [1.54, 1.807) is 24.3 Å². The van der Waals surface area contributed by atoms with E-state index in [2.05, 4.69) is 5.16 Å². The summed E-state index contributed by atoms with van der Waals surface area (Å²) in [6.45, 7) is 0. The van der Waals surface area contributed by atoms with Crippen LogP contribution in [0, 0.1) is 16.0 Å². The predicted octanol–water partition coefficient (Wildman–Crippen LogP) is 2.55. The monoisotopic (exact) mass is 401 g/mol. The number of benzene rings is 2. The van der Waals surface area contributed by atoms with Crippen LogP contribution in [0.1, 0.15) is 5.56 Å². The number of halogens is 1. The molecule has 0 saturated carbocycles. The molecule has 2 heterocycles. The van der Waals surface area contributed by atoms with Crippen LogP contribution in [0.15, 0.2) is 47.6 Å². The fourth-order valence-corrected chi connectivity index (χ4v) is 3.37. The summed E-state index contributed by atoms with van der Waals surface area (Å²) >= 11 is 5.89. The second-order valence-corrected chi connectivity index (χ2v) is 6.55. The second-order valence-electron chi connectivity index (χ2n) is 6.11. The molecule has 28 heavy (non-hydrogen) atoms. The number of imide groups is 1. The first-order valence-corrected chi connectivity index (χ1v) is 8.50. The Kier molecular flexibility index (Phi) is 4.23. The SMILES string of the molecule is COc1ccc([N+](=O)[O-])cc1N1C(=O)[C@@H]2C(c3ccc(Cl)cc3)=NO[C@H]2C1=O. The summed E-state index contributed by atoms with van der Waals surface area (Å²) < 4.78 is 5.18. The molecule has 9 nitrogen and oxygen atoms in total. The molecule has 2 aromatic carbocycles. The Morgan fingerprint density at radius 3 is 2.54 bits per heavy atom. The van der Waals surface area contributed by atoms with E-state index >= 15 is 0 Å². The Labute approximate surface area is 163 Å². The van der Waals surface area contributed by atoms with Crippen LogP contribution in [0.4, 0.5) is 11.4 Å². The number of hydrogen-bond acceptors (Lipinski definition) is 7. The molecule has 0 bridgehead atoms. The number of hydrogen-bond donors (Lipinski definition) is 0. The van der Waals surface area contributed by atoms with Crippen LogP contribution in [-0.2, 0) is 14.4 Å². The van der Waals surface area contributed by atoms with Gasteiger partial charge in [-0.2, -0.15) is 0 Å². The highest BCUT2D eigenvalue weighted by Crippen LogP contribution is 2.40. The van der Waals surface area contributed by atoms with Gasteiger partial charge in [0, 0.05) is 22.7 Å². The minimum absolute atomic E-state index is 0.0137. The van der Waals surface area contributed by atoms with E-state index in [0.29, 0.717) is 16.3 Å². The first-order valence-electron chi connectivity index (χ1n) is 8.12. The molecule has 1 fully saturated rings. The Hall–Kier alpha value is -3.46. The third kappa shape index (κ3) is 2.67. The first kappa shape index (κ1) is 17.9. The number of amides is 2. The summed E-state index contributed by atoms with van der Waals surface area (Å²) in [5.74, 6) is -2.07. The van der Waals surface area contributed by atoms with E-state index in [0.717, 1.165) is 11.0 Å². The summed E-state index contributed by atoms with van der Waals surface area (Å²) in [6.07, 6.45) is -1.14. The minimum Gasteiger partial charge on any atom is -0.495 e. The average molecular weight is 402 g/mol. The number of nitro groups is 1. The van der Waals surface area contributed by atoms with Crippen molar-refractivity contribution < 1.29 is 24.1 Å². The van der Waals surface area contributed by atoms with Crippen molar-refractivity contribution in [1.29, 1.82) is 0 Å². The van der Waals surface area contributed by atoms with Crippen molar-refractivity contribution in [1.82, 2.24) is 0 Å². The van der Waals surface area contributed by atoms with Gasteiger partial charge in [-0.05, 0) is 18.2 Å². The number of carbonyl (C=O) groups is 2. The molecule has 0 spiro atoms. The number of non-ortho nitro benzene ring substituents is 1. The molecule has 2 amide bonds. The zero-order chi connectivity index (χ0) is 20.0. The predicted molar refractivity (Wildman–Crippen MR) is 98.5 cm³/mol. The van der Waals surface area contributed by atoms with Gasteiger partial charge in [-0.25, -0.2) is 4.90 Å². The number of anilines is 1. The van der Waals surface area contributed by atoms with Crippen molar-refractivity contribution >= 4 is 40.5 Å². The van der Waals surface area contributed by atoms with Gasteiger partial charge >= 0.3 is 0 Å². The lowest BCUT2D eigenvalue weighted by Crippen LogP contribution is -2.33. The van der Waals surface area contributed by atoms with E-state index in [9.17, 15) is 19.7 Å². The number of methoxy groups -OCH3 is 1. The maximum absolute atomic E-state index is 13.1. The van der Waals surface area contributed by atoms with E-state index in [1.807, 2.05) is 0 Å². The number of ether oxygens (including phenoxy) is 1. The van der Waals surface area contributed by atoms with Crippen molar-refractivity contribution in [2.75, 3.05) is 12.0 Å². The zero-order valence-electron chi connectivity index (χ0n) is 14.4. The van der Waals surface area contributed by atoms with E-state index < -0.39 is 28.8 Å². The van der Waals surface area contributed by atoms with Gasteiger partial charge in [0.05, 0.1) is 12.0 Å². The fourth-order valence-electron chi connectivity index (χ4n) is 3.24. The van der Waals surface area contributed by atoms with Crippen molar-refractivity contribution in [3.8, 4) is 5.75 Å². The lowest BCUT2D eigenvalue weighted by Gasteiger charge is -2.18. The molecule has 1 saturated heterocycles. The largest absolute Gasteiger partial charge is 0.495 e. The Morgan fingerprint density at radius 2 is 1.89 bits per heavy atom. The van der Waals surface area contributed by atoms with E-state index in [-0.39, 0.29) is 17.1 Å². The highest BCUT2D eigenvalue weighted by atomic mass is 35.5. The van der Waals surface area contributed by atoms with Crippen LogP contribution in [0.3, 0.4) is 0 Å². The molecule has 0 aliphatic carbocycles.